The van der Waals surface area contributed by atoms with E-state index >= 15 is 0 Å². The molecular weight excluding hydrogens is 290 g/mol. The molecule has 23 heavy (non-hydrogen) atoms. The van der Waals surface area contributed by atoms with Crippen LogP contribution < -0.4 is 5.32 Å². The number of aromatic nitrogens is 2. The molecule has 5 nitrogen and oxygen atoms in total. The highest BCUT2D eigenvalue weighted by molar-refractivity contribution is 5.24. The van der Waals surface area contributed by atoms with Gasteiger partial charge in [-0.2, -0.15) is 5.10 Å². The molecule has 2 heterocycles. The number of nitrogens with one attached hydrogen (secondary N) is 1. The lowest BCUT2D eigenvalue weighted by Crippen LogP contribution is -2.47. The van der Waals surface area contributed by atoms with Crippen LogP contribution in [0, 0.1) is 13.8 Å². The molecule has 1 aliphatic carbocycles. The Morgan fingerprint density at radius 2 is 2.09 bits per heavy atom. The zero-order valence-corrected chi connectivity index (χ0v) is 14.6. The van der Waals surface area contributed by atoms with E-state index in [1.807, 2.05) is 4.68 Å². The Morgan fingerprint density at radius 3 is 2.83 bits per heavy atom. The van der Waals surface area contributed by atoms with E-state index in [-0.39, 0.29) is 12.2 Å². The van der Waals surface area contributed by atoms with Crippen LogP contribution in [0.4, 0.5) is 0 Å². The summed E-state index contributed by atoms with van der Waals surface area (Å²) in [5.74, 6) is 0. The first-order valence-corrected chi connectivity index (χ1v) is 9.15. The number of hydrogen-bond donors (Lipinski definition) is 2. The summed E-state index contributed by atoms with van der Waals surface area (Å²) >= 11 is 0. The van der Waals surface area contributed by atoms with Crippen molar-refractivity contribution in [2.45, 2.75) is 83.5 Å². The highest BCUT2D eigenvalue weighted by Crippen LogP contribution is 2.38. The summed E-state index contributed by atoms with van der Waals surface area (Å²) in [5, 5.41) is 17.4. The molecule has 1 aliphatic heterocycles. The quantitative estimate of drug-likeness (QED) is 0.875. The van der Waals surface area contributed by atoms with E-state index in [0.29, 0.717) is 12.6 Å². The van der Waals surface area contributed by atoms with Crippen LogP contribution in [-0.4, -0.2) is 39.7 Å². The minimum atomic E-state index is 0.136. The molecule has 1 saturated heterocycles. The number of rotatable bonds is 5. The summed E-state index contributed by atoms with van der Waals surface area (Å²) in [5.41, 5.74) is 3.67. The van der Waals surface area contributed by atoms with E-state index < -0.39 is 0 Å². The normalized spacial score (nSPS) is 24.2. The maximum atomic E-state index is 9.13. The van der Waals surface area contributed by atoms with E-state index in [9.17, 15) is 0 Å². The minimum Gasteiger partial charge on any atom is -0.394 e. The van der Waals surface area contributed by atoms with E-state index in [4.69, 9.17) is 9.84 Å². The molecule has 0 amide bonds. The van der Waals surface area contributed by atoms with Gasteiger partial charge in [-0.1, -0.05) is 19.3 Å². The molecule has 0 aromatic carbocycles. The van der Waals surface area contributed by atoms with Gasteiger partial charge in [0, 0.05) is 30.5 Å². The zero-order chi connectivity index (χ0) is 16.3. The molecular formula is C18H31N3O2. The summed E-state index contributed by atoms with van der Waals surface area (Å²) < 4.78 is 8.10. The molecule has 130 valence electrons. The lowest BCUT2D eigenvalue weighted by molar-refractivity contribution is -0.109. The summed E-state index contributed by atoms with van der Waals surface area (Å²) in [6.07, 6.45) is 8.72. The lowest BCUT2D eigenvalue weighted by Gasteiger charge is -2.43. The molecule has 1 spiro atoms. The van der Waals surface area contributed by atoms with Crippen molar-refractivity contribution in [2.24, 2.45) is 0 Å². The van der Waals surface area contributed by atoms with Crippen LogP contribution in [0.25, 0.3) is 0 Å². The largest absolute Gasteiger partial charge is 0.394 e. The molecule has 1 unspecified atom stereocenters. The van der Waals surface area contributed by atoms with Gasteiger partial charge in [-0.05, 0) is 39.5 Å². The van der Waals surface area contributed by atoms with Crippen molar-refractivity contribution in [3.8, 4) is 0 Å². The predicted molar refractivity (Wildman–Crippen MR) is 90.4 cm³/mol. The molecule has 3 rings (SSSR count). The van der Waals surface area contributed by atoms with Crippen molar-refractivity contribution < 1.29 is 9.84 Å². The molecule has 1 saturated carbocycles. The minimum absolute atomic E-state index is 0.136. The topological polar surface area (TPSA) is 59.3 Å². The number of hydrogen-bond acceptors (Lipinski definition) is 4. The van der Waals surface area contributed by atoms with Crippen molar-refractivity contribution in [1.82, 2.24) is 15.1 Å². The maximum absolute atomic E-state index is 9.13. The van der Waals surface area contributed by atoms with Crippen LogP contribution in [0.1, 0.15) is 61.9 Å². The first-order valence-electron chi connectivity index (χ1n) is 9.15. The average molecular weight is 321 g/mol. The van der Waals surface area contributed by atoms with Crippen LogP contribution in [0.15, 0.2) is 0 Å². The average Bonchev–Trinajstić information content (AvgIpc) is 2.81. The first kappa shape index (κ1) is 16.9. The molecule has 0 radical (unpaired) electrons. The fourth-order valence-corrected chi connectivity index (χ4v) is 4.30. The van der Waals surface area contributed by atoms with Gasteiger partial charge in [-0.25, -0.2) is 0 Å². The van der Waals surface area contributed by atoms with Gasteiger partial charge in [0.15, 0.2) is 0 Å². The van der Waals surface area contributed by atoms with Gasteiger partial charge in [-0.3, -0.25) is 4.68 Å². The fraction of sp³-hybridized carbons (Fsp3) is 0.833. The third kappa shape index (κ3) is 3.78. The van der Waals surface area contributed by atoms with Gasteiger partial charge >= 0.3 is 0 Å². The Balaban J connectivity index is 1.60. The Kier molecular flexibility index (Phi) is 5.39. The molecule has 1 aromatic heterocycles. The second-order valence-electron chi connectivity index (χ2n) is 7.26. The second kappa shape index (κ2) is 7.32. The monoisotopic (exact) mass is 321 g/mol. The molecule has 2 fully saturated rings. The van der Waals surface area contributed by atoms with Crippen molar-refractivity contribution in [2.75, 3.05) is 13.2 Å². The van der Waals surface area contributed by atoms with Crippen LogP contribution >= 0.6 is 0 Å². The zero-order valence-electron chi connectivity index (χ0n) is 14.6. The van der Waals surface area contributed by atoms with Gasteiger partial charge in [-0.15, -0.1) is 0 Å². The summed E-state index contributed by atoms with van der Waals surface area (Å²) in [6.45, 7) is 6.62. The van der Waals surface area contributed by atoms with Gasteiger partial charge in [0.05, 0.1) is 24.4 Å². The van der Waals surface area contributed by atoms with Crippen molar-refractivity contribution in [1.29, 1.82) is 0 Å². The van der Waals surface area contributed by atoms with Crippen molar-refractivity contribution >= 4 is 0 Å². The first-order chi connectivity index (χ1) is 11.1. The molecule has 1 atom stereocenters. The predicted octanol–water partition coefficient (Wildman–Crippen LogP) is 2.46. The molecule has 1 aromatic rings. The van der Waals surface area contributed by atoms with Gasteiger partial charge in [0.2, 0.25) is 0 Å². The number of nitrogens with zero attached hydrogens (tertiary/aromatic N) is 2. The summed E-state index contributed by atoms with van der Waals surface area (Å²) in [6, 6.07) is 0.543. The number of aliphatic hydroxyl groups is 1. The summed E-state index contributed by atoms with van der Waals surface area (Å²) in [4.78, 5) is 0. The SMILES string of the molecule is Cc1nn(CCO)c(C)c1CNC1CCOC2(CCCCC2)C1. The van der Waals surface area contributed by atoms with Gasteiger partial charge in [0.1, 0.15) is 0 Å². The highest BCUT2D eigenvalue weighted by Gasteiger charge is 2.38. The third-order valence-corrected chi connectivity index (χ3v) is 5.67. The van der Waals surface area contributed by atoms with Crippen LogP contribution in [0.5, 0.6) is 0 Å². The molecule has 5 heteroatoms. The number of aliphatic hydroxyl groups excluding tert-OH is 1. The second-order valence-corrected chi connectivity index (χ2v) is 7.26. The standard InChI is InChI=1S/C18H31N3O2/c1-14-17(15(2)21(20-14)9-10-22)13-19-16-6-11-23-18(12-16)7-4-3-5-8-18/h16,19,22H,3-13H2,1-2H3. The van der Waals surface area contributed by atoms with Gasteiger partial charge < -0.3 is 15.2 Å². The van der Waals surface area contributed by atoms with Crippen molar-refractivity contribution in [3.05, 3.63) is 17.0 Å². The maximum Gasteiger partial charge on any atom is 0.0697 e. The van der Waals surface area contributed by atoms with E-state index in [1.165, 1.54) is 43.4 Å². The van der Waals surface area contributed by atoms with Crippen LogP contribution in [-0.2, 0) is 17.8 Å². The van der Waals surface area contributed by atoms with E-state index in [2.05, 4.69) is 24.3 Å². The molecule has 0 bridgehead atoms. The lowest BCUT2D eigenvalue weighted by atomic mass is 9.78. The third-order valence-electron chi connectivity index (χ3n) is 5.67. The smallest absolute Gasteiger partial charge is 0.0697 e. The van der Waals surface area contributed by atoms with E-state index in [0.717, 1.165) is 31.7 Å². The number of aryl methyl sites for hydroxylation is 1. The van der Waals surface area contributed by atoms with E-state index in [1.54, 1.807) is 0 Å². The Labute approximate surface area is 139 Å². The highest BCUT2D eigenvalue weighted by atomic mass is 16.5. The summed E-state index contributed by atoms with van der Waals surface area (Å²) in [7, 11) is 0. The molecule has 2 aliphatic rings. The Bertz CT molecular complexity index is 515. The number of ether oxygens (including phenoxy) is 1. The Hall–Kier alpha value is -0.910. The van der Waals surface area contributed by atoms with Crippen LogP contribution in [0.2, 0.25) is 0 Å². The fourth-order valence-electron chi connectivity index (χ4n) is 4.30. The Morgan fingerprint density at radius 1 is 1.30 bits per heavy atom. The molecule has 2 N–H and O–H groups in total. The van der Waals surface area contributed by atoms with Crippen molar-refractivity contribution in [3.63, 3.8) is 0 Å². The van der Waals surface area contributed by atoms with Crippen LogP contribution in [0.3, 0.4) is 0 Å². The van der Waals surface area contributed by atoms with Gasteiger partial charge in [0.25, 0.3) is 0 Å².